The lowest BCUT2D eigenvalue weighted by Crippen LogP contribution is -2.25. The highest BCUT2D eigenvalue weighted by molar-refractivity contribution is 6.32. The highest BCUT2D eigenvalue weighted by Crippen LogP contribution is 2.28. The van der Waals surface area contributed by atoms with E-state index in [1.165, 1.54) is 18.2 Å². The minimum absolute atomic E-state index is 0.0835. The normalized spacial score (nSPS) is 11.6. The van der Waals surface area contributed by atoms with Gasteiger partial charge in [0.2, 0.25) is 0 Å². The molecule has 0 aliphatic heterocycles. The molecule has 96 valence electrons. The van der Waals surface area contributed by atoms with Gasteiger partial charge in [-0.3, -0.25) is 10.1 Å². The second kappa shape index (κ2) is 6.79. The summed E-state index contributed by atoms with van der Waals surface area (Å²) in [5.41, 5.74) is -0.0835. The Bertz CT molecular complexity index is 473. The molecule has 0 spiro atoms. The molecule has 0 aliphatic carbocycles. The Hall–Kier alpha value is -1.84. The molecular weight excluding hydrogens is 258 g/mol. The summed E-state index contributed by atoms with van der Waals surface area (Å²) in [4.78, 5) is 10.1. The van der Waals surface area contributed by atoms with Crippen molar-refractivity contribution in [3.05, 3.63) is 33.3 Å². The Labute approximate surface area is 109 Å². The number of nitro benzene ring substituents is 1. The number of nitriles is 1. The van der Waals surface area contributed by atoms with E-state index in [1.54, 1.807) is 7.05 Å². The molecule has 0 saturated heterocycles. The van der Waals surface area contributed by atoms with Crippen molar-refractivity contribution in [2.24, 2.45) is 0 Å². The van der Waals surface area contributed by atoms with Crippen LogP contribution in [-0.4, -0.2) is 24.6 Å². The van der Waals surface area contributed by atoms with Gasteiger partial charge in [0.25, 0.3) is 5.69 Å². The molecule has 0 fully saturated rings. The highest BCUT2D eigenvalue weighted by Gasteiger charge is 2.11. The summed E-state index contributed by atoms with van der Waals surface area (Å²) in [5.74, 6) is 0.249. The number of halogens is 1. The Morgan fingerprint density at radius 2 is 2.39 bits per heavy atom. The predicted octanol–water partition coefficient (Wildman–Crippen LogP) is 2.13. The van der Waals surface area contributed by atoms with E-state index >= 15 is 0 Å². The molecule has 0 aliphatic rings. The summed E-state index contributed by atoms with van der Waals surface area (Å²) in [6, 6.07) is 5.72. The van der Waals surface area contributed by atoms with Crippen LogP contribution in [0.3, 0.4) is 0 Å². The monoisotopic (exact) mass is 269 g/mol. The lowest BCUT2D eigenvalue weighted by atomic mass is 10.2. The number of ether oxygens (including phenoxy) is 1. The van der Waals surface area contributed by atoms with Gasteiger partial charge in [0.05, 0.1) is 34.7 Å². The maximum atomic E-state index is 10.6. The second-order valence-corrected chi connectivity index (χ2v) is 3.89. The third kappa shape index (κ3) is 3.87. The summed E-state index contributed by atoms with van der Waals surface area (Å²) in [7, 11) is 1.67. The number of nitrogens with one attached hydrogen (secondary N) is 1. The van der Waals surface area contributed by atoms with E-state index in [0.717, 1.165) is 0 Å². The molecule has 7 heteroatoms. The molecule has 6 nitrogen and oxygen atoms in total. The van der Waals surface area contributed by atoms with Crippen LogP contribution in [0, 0.1) is 21.4 Å². The largest absolute Gasteiger partial charge is 0.492 e. The molecule has 1 atom stereocenters. The van der Waals surface area contributed by atoms with Crippen LogP contribution < -0.4 is 10.1 Å². The molecule has 0 radical (unpaired) electrons. The van der Waals surface area contributed by atoms with Crippen molar-refractivity contribution in [2.45, 2.75) is 12.5 Å². The van der Waals surface area contributed by atoms with Crippen molar-refractivity contribution < 1.29 is 9.66 Å². The highest BCUT2D eigenvalue weighted by atomic mass is 35.5. The van der Waals surface area contributed by atoms with Crippen LogP contribution in [0.2, 0.25) is 5.02 Å². The van der Waals surface area contributed by atoms with E-state index in [4.69, 9.17) is 21.6 Å². The van der Waals surface area contributed by atoms with E-state index in [0.29, 0.717) is 11.4 Å². The van der Waals surface area contributed by atoms with Crippen LogP contribution in [0.15, 0.2) is 18.2 Å². The van der Waals surface area contributed by atoms with E-state index in [-0.39, 0.29) is 24.1 Å². The molecule has 1 unspecified atom stereocenters. The molecule has 1 rings (SSSR count). The van der Waals surface area contributed by atoms with Gasteiger partial charge in [-0.25, -0.2) is 0 Å². The van der Waals surface area contributed by atoms with Crippen LogP contribution in [-0.2, 0) is 0 Å². The summed E-state index contributed by atoms with van der Waals surface area (Å²) < 4.78 is 5.33. The summed E-state index contributed by atoms with van der Waals surface area (Å²) >= 11 is 5.86. The summed E-state index contributed by atoms with van der Waals surface area (Å²) in [6.07, 6.45) is 0.464. The van der Waals surface area contributed by atoms with Crippen molar-refractivity contribution >= 4 is 17.3 Å². The second-order valence-electron chi connectivity index (χ2n) is 3.48. The first kappa shape index (κ1) is 14.2. The van der Waals surface area contributed by atoms with Crippen LogP contribution in [0.5, 0.6) is 5.75 Å². The minimum atomic E-state index is -0.519. The maximum Gasteiger partial charge on any atom is 0.273 e. The molecule has 0 bridgehead atoms. The van der Waals surface area contributed by atoms with Gasteiger partial charge < -0.3 is 10.1 Å². The van der Waals surface area contributed by atoms with Gasteiger partial charge in [0.1, 0.15) is 5.75 Å². The van der Waals surface area contributed by atoms with E-state index in [1.807, 2.05) is 6.07 Å². The zero-order valence-corrected chi connectivity index (χ0v) is 10.5. The average Bonchev–Trinajstić information content (AvgIpc) is 2.36. The lowest BCUT2D eigenvalue weighted by Gasteiger charge is -2.10. The fourth-order valence-electron chi connectivity index (χ4n) is 1.28. The van der Waals surface area contributed by atoms with Crippen LogP contribution >= 0.6 is 11.6 Å². The lowest BCUT2D eigenvalue weighted by molar-refractivity contribution is -0.384. The topological polar surface area (TPSA) is 88.2 Å². The Kier molecular flexibility index (Phi) is 5.36. The fourth-order valence-corrected chi connectivity index (χ4v) is 1.45. The van der Waals surface area contributed by atoms with Crippen LogP contribution in [0.1, 0.15) is 6.42 Å². The first-order chi connectivity index (χ1) is 8.58. The number of hydrogen-bond donors (Lipinski definition) is 1. The number of non-ortho nitro benzene ring substituents is 1. The maximum absolute atomic E-state index is 10.6. The molecule has 1 N–H and O–H groups in total. The van der Waals surface area contributed by atoms with Crippen molar-refractivity contribution in [1.29, 1.82) is 5.26 Å². The smallest absolute Gasteiger partial charge is 0.273 e. The molecule has 0 aromatic heterocycles. The van der Waals surface area contributed by atoms with Crippen molar-refractivity contribution in [3.63, 3.8) is 0 Å². The quantitative estimate of drug-likeness (QED) is 0.631. The van der Waals surface area contributed by atoms with E-state index in [2.05, 4.69) is 5.32 Å². The number of nitro groups is 1. The third-order valence-corrected chi connectivity index (χ3v) is 2.61. The van der Waals surface area contributed by atoms with Gasteiger partial charge in [0, 0.05) is 12.5 Å². The van der Waals surface area contributed by atoms with E-state index < -0.39 is 4.92 Å². The SMILES string of the molecule is CNC(C#N)CCOc1cc([N+](=O)[O-])ccc1Cl. The van der Waals surface area contributed by atoms with E-state index in [9.17, 15) is 10.1 Å². The molecule has 1 aromatic carbocycles. The fraction of sp³-hybridized carbons (Fsp3) is 0.364. The zero-order valence-electron chi connectivity index (χ0n) is 9.72. The number of nitrogens with zero attached hydrogens (tertiary/aromatic N) is 2. The first-order valence-corrected chi connectivity index (χ1v) is 5.60. The Balaban J connectivity index is 2.64. The summed E-state index contributed by atoms with van der Waals surface area (Å²) in [6.45, 7) is 0.250. The molecule has 0 heterocycles. The first-order valence-electron chi connectivity index (χ1n) is 5.22. The number of benzene rings is 1. The molecule has 1 aromatic rings. The molecular formula is C11H12ClN3O3. The van der Waals surface area contributed by atoms with Gasteiger partial charge in [-0.15, -0.1) is 0 Å². The van der Waals surface area contributed by atoms with Gasteiger partial charge in [-0.1, -0.05) is 11.6 Å². The van der Waals surface area contributed by atoms with Crippen LogP contribution in [0.4, 0.5) is 5.69 Å². The third-order valence-electron chi connectivity index (χ3n) is 2.29. The predicted molar refractivity (Wildman–Crippen MR) is 66.7 cm³/mol. The Morgan fingerprint density at radius 3 is 2.94 bits per heavy atom. The zero-order chi connectivity index (χ0) is 13.5. The van der Waals surface area contributed by atoms with Gasteiger partial charge >= 0.3 is 0 Å². The number of hydrogen-bond acceptors (Lipinski definition) is 5. The molecule has 18 heavy (non-hydrogen) atoms. The van der Waals surface area contributed by atoms with Crippen molar-refractivity contribution in [2.75, 3.05) is 13.7 Å². The van der Waals surface area contributed by atoms with Crippen molar-refractivity contribution in [3.8, 4) is 11.8 Å². The van der Waals surface area contributed by atoms with Gasteiger partial charge in [0.15, 0.2) is 0 Å². The molecule has 0 saturated carbocycles. The standard InChI is InChI=1S/C11H12ClN3O3/c1-14-8(7-13)4-5-18-11-6-9(15(16)17)2-3-10(11)12/h2-3,6,8,14H,4-5H2,1H3. The minimum Gasteiger partial charge on any atom is -0.492 e. The van der Waals surface area contributed by atoms with Crippen molar-refractivity contribution in [1.82, 2.24) is 5.32 Å². The van der Waals surface area contributed by atoms with Gasteiger partial charge in [-0.2, -0.15) is 5.26 Å². The Morgan fingerprint density at radius 1 is 1.67 bits per heavy atom. The van der Waals surface area contributed by atoms with Gasteiger partial charge in [-0.05, 0) is 13.1 Å². The van der Waals surface area contributed by atoms with Crippen LogP contribution in [0.25, 0.3) is 0 Å². The average molecular weight is 270 g/mol. The molecule has 0 amide bonds. The number of rotatable bonds is 6. The summed E-state index contributed by atoms with van der Waals surface area (Å²) in [5, 5.41) is 22.4.